The molecule has 0 radical (unpaired) electrons. The zero-order chi connectivity index (χ0) is 8.97. The molecule has 0 amide bonds. The van der Waals surface area contributed by atoms with E-state index in [1.807, 2.05) is 0 Å². The molecule has 1 saturated heterocycles. The van der Waals surface area contributed by atoms with Crippen LogP contribution in [0.15, 0.2) is 0 Å². The summed E-state index contributed by atoms with van der Waals surface area (Å²) >= 11 is 0. The Bertz CT molecular complexity index is 117. The second-order valence-corrected chi connectivity index (χ2v) is 4.26. The van der Waals surface area contributed by atoms with Gasteiger partial charge in [-0.05, 0) is 31.7 Å². The largest absolute Gasteiger partial charge is 0.393 e. The molecule has 0 unspecified atom stereocenters. The minimum atomic E-state index is -0.0275. The number of rotatable bonds is 3. The Labute approximate surface area is 75.6 Å². The fourth-order valence-corrected chi connectivity index (χ4v) is 1.58. The van der Waals surface area contributed by atoms with Crippen molar-refractivity contribution in [1.29, 1.82) is 0 Å². The Morgan fingerprint density at radius 3 is 2.42 bits per heavy atom. The van der Waals surface area contributed by atoms with E-state index in [-0.39, 0.29) is 6.10 Å². The molecule has 0 atom stereocenters. The highest BCUT2D eigenvalue weighted by Gasteiger charge is 2.16. The predicted octanol–water partition coefficient (Wildman–Crippen LogP) is 1.49. The van der Waals surface area contributed by atoms with E-state index in [0.29, 0.717) is 0 Å². The third-order valence-electron chi connectivity index (χ3n) is 2.58. The van der Waals surface area contributed by atoms with Crippen molar-refractivity contribution in [3.05, 3.63) is 0 Å². The van der Waals surface area contributed by atoms with Gasteiger partial charge < -0.3 is 10.0 Å². The number of hydrogen-bond donors (Lipinski definition) is 1. The van der Waals surface area contributed by atoms with Crippen LogP contribution in [0.3, 0.4) is 0 Å². The lowest BCUT2D eigenvalue weighted by molar-refractivity contribution is 0.0805. The van der Waals surface area contributed by atoms with Gasteiger partial charge in [-0.3, -0.25) is 0 Å². The zero-order valence-corrected chi connectivity index (χ0v) is 8.29. The van der Waals surface area contributed by atoms with E-state index in [9.17, 15) is 5.11 Å². The summed E-state index contributed by atoms with van der Waals surface area (Å²) in [5.41, 5.74) is 0. The highest BCUT2D eigenvalue weighted by Crippen LogP contribution is 2.11. The third-order valence-corrected chi connectivity index (χ3v) is 2.58. The van der Waals surface area contributed by atoms with Gasteiger partial charge in [0.05, 0.1) is 6.10 Å². The van der Waals surface area contributed by atoms with Crippen molar-refractivity contribution in [2.24, 2.45) is 5.92 Å². The molecule has 72 valence electrons. The van der Waals surface area contributed by atoms with E-state index in [1.54, 1.807) is 0 Å². The van der Waals surface area contributed by atoms with Crippen molar-refractivity contribution in [2.75, 3.05) is 19.6 Å². The average molecular weight is 171 g/mol. The molecule has 1 aliphatic rings. The van der Waals surface area contributed by atoms with Gasteiger partial charge in [0, 0.05) is 13.1 Å². The molecule has 0 aromatic rings. The Morgan fingerprint density at radius 2 is 1.92 bits per heavy atom. The fourth-order valence-electron chi connectivity index (χ4n) is 1.58. The van der Waals surface area contributed by atoms with Crippen molar-refractivity contribution >= 4 is 0 Å². The van der Waals surface area contributed by atoms with Crippen LogP contribution in [-0.4, -0.2) is 35.7 Å². The molecular formula is C10H21NO. The SMILES string of the molecule is CC(C)CCN1CCC(O)CC1. The molecule has 1 fully saturated rings. The van der Waals surface area contributed by atoms with Crippen LogP contribution in [0.2, 0.25) is 0 Å². The summed E-state index contributed by atoms with van der Waals surface area (Å²) in [6, 6.07) is 0. The molecule has 12 heavy (non-hydrogen) atoms. The summed E-state index contributed by atoms with van der Waals surface area (Å²) in [6.07, 6.45) is 3.20. The van der Waals surface area contributed by atoms with Gasteiger partial charge in [-0.1, -0.05) is 13.8 Å². The smallest absolute Gasteiger partial charge is 0.0564 e. The van der Waals surface area contributed by atoms with Gasteiger partial charge >= 0.3 is 0 Å². The summed E-state index contributed by atoms with van der Waals surface area (Å²) in [5, 5.41) is 9.28. The minimum absolute atomic E-state index is 0.0275. The monoisotopic (exact) mass is 171 g/mol. The van der Waals surface area contributed by atoms with Gasteiger partial charge in [-0.15, -0.1) is 0 Å². The van der Waals surface area contributed by atoms with Crippen LogP contribution >= 0.6 is 0 Å². The van der Waals surface area contributed by atoms with Crippen molar-refractivity contribution in [2.45, 2.75) is 39.2 Å². The molecule has 0 saturated carbocycles. The molecule has 0 aromatic carbocycles. The number of hydrogen-bond acceptors (Lipinski definition) is 2. The maximum atomic E-state index is 9.28. The maximum absolute atomic E-state index is 9.28. The van der Waals surface area contributed by atoms with E-state index in [2.05, 4.69) is 18.7 Å². The number of piperidine rings is 1. The van der Waals surface area contributed by atoms with Crippen molar-refractivity contribution in [3.63, 3.8) is 0 Å². The lowest BCUT2D eigenvalue weighted by Crippen LogP contribution is -2.36. The Morgan fingerprint density at radius 1 is 1.33 bits per heavy atom. The number of aliphatic hydroxyl groups is 1. The van der Waals surface area contributed by atoms with Crippen molar-refractivity contribution in [1.82, 2.24) is 4.90 Å². The van der Waals surface area contributed by atoms with Gasteiger partial charge in [-0.2, -0.15) is 0 Å². The Hall–Kier alpha value is -0.0800. The third kappa shape index (κ3) is 3.55. The molecule has 2 heteroatoms. The summed E-state index contributed by atoms with van der Waals surface area (Å²) < 4.78 is 0. The van der Waals surface area contributed by atoms with Gasteiger partial charge in [-0.25, -0.2) is 0 Å². The molecule has 1 aliphatic heterocycles. The Kier molecular flexibility index (Phi) is 4.02. The summed E-state index contributed by atoms with van der Waals surface area (Å²) in [4.78, 5) is 2.46. The van der Waals surface area contributed by atoms with Gasteiger partial charge in [0.25, 0.3) is 0 Å². The molecular weight excluding hydrogens is 150 g/mol. The molecule has 0 aliphatic carbocycles. The molecule has 0 aromatic heterocycles. The van der Waals surface area contributed by atoms with Gasteiger partial charge in [0.2, 0.25) is 0 Å². The van der Waals surface area contributed by atoms with Crippen LogP contribution in [0.4, 0.5) is 0 Å². The van der Waals surface area contributed by atoms with Crippen LogP contribution in [0.1, 0.15) is 33.1 Å². The lowest BCUT2D eigenvalue weighted by Gasteiger charge is -2.29. The van der Waals surface area contributed by atoms with Crippen LogP contribution in [0.5, 0.6) is 0 Å². The number of aliphatic hydroxyl groups excluding tert-OH is 1. The normalized spacial score (nSPS) is 22.0. The van der Waals surface area contributed by atoms with Gasteiger partial charge in [0.15, 0.2) is 0 Å². The minimum Gasteiger partial charge on any atom is -0.393 e. The van der Waals surface area contributed by atoms with E-state index >= 15 is 0 Å². The number of likely N-dealkylation sites (tertiary alicyclic amines) is 1. The molecule has 1 rings (SSSR count). The van der Waals surface area contributed by atoms with Crippen molar-refractivity contribution < 1.29 is 5.11 Å². The van der Waals surface area contributed by atoms with E-state index in [1.165, 1.54) is 13.0 Å². The molecule has 2 nitrogen and oxygen atoms in total. The fraction of sp³-hybridized carbons (Fsp3) is 1.00. The summed E-state index contributed by atoms with van der Waals surface area (Å²) in [7, 11) is 0. The maximum Gasteiger partial charge on any atom is 0.0564 e. The molecule has 0 bridgehead atoms. The first-order chi connectivity index (χ1) is 5.68. The predicted molar refractivity (Wildman–Crippen MR) is 51.1 cm³/mol. The van der Waals surface area contributed by atoms with E-state index in [0.717, 1.165) is 31.8 Å². The molecule has 1 heterocycles. The second-order valence-electron chi connectivity index (χ2n) is 4.26. The number of nitrogens with zero attached hydrogens (tertiary/aromatic N) is 1. The zero-order valence-electron chi connectivity index (χ0n) is 8.29. The van der Waals surface area contributed by atoms with Crippen LogP contribution < -0.4 is 0 Å². The molecule has 0 spiro atoms. The second kappa shape index (κ2) is 4.83. The lowest BCUT2D eigenvalue weighted by atomic mass is 10.1. The molecule has 1 N–H and O–H groups in total. The van der Waals surface area contributed by atoms with Gasteiger partial charge in [0.1, 0.15) is 0 Å². The van der Waals surface area contributed by atoms with Crippen LogP contribution in [0, 0.1) is 5.92 Å². The first-order valence-electron chi connectivity index (χ1n) is 5.09. The summed E-state index contributed by atoms with van der Waals surface area (Å²) in [5.74, 6) is 0.803. The summed E-state index contributed by atoms with van der Waals surface area (Å²) in [6.45, 7) is 7.92. The average Bonchev–Trinajstić information content (AvgIpc) is 2.03. The van der Waals surface area contributed by atoms with E-state index in [4.69, 9.17) is 0 Å². The van der Waals surface area contributed by atoms with Crippen LogP contribution in [0.25, 0.3) is 0 Å². The first-order valence-corrected chi connectivity index (χ1v) is 5.09. The van der Waals surface area contributed by atoms with E-state index < -0.39 is 0 Å². The van der Waals surface area contributed by atoms with Crippen LogP contribution in [-0.2, 0) is 0 Å². The first kappa shape index (κ1) is 10.0. The Balaban J connectivity index is 2.09. The highest BCUT2D eigenvalue weighted by atomic mass is 16.3. The quantitative estimate of drug-likeness (QED) is 0.695. The topological polar surface area (TPSA) is 23.5 Å². The standard InChI is InChI=1S/C10H21NO/c1-9(2)3-6-11-7-4-10(12)5-8-11/h9-10,12H,3-8H2,1-2H3. The van der Waals surface area contributed by atoms with Crippen molar-refractivity contribution in [3.8, 4) is 0 Å². The highest BCUT2D eigenvalue weighted by molar-refractivity contribution is 4.70.